The van der Waals surface area contributed by atoms with E-state index in [1.165, 1.54) is 30.5 Å². The van der Waals surface area contributed by atoms with Crippen LogP contribution in [-0.4, -0.2) is 32.4 Å². The molecule has 6 nitrogen and oxygen atoms in total. The molecule has 3 rings (SSSR count). The summed E-state index contributed by atoms with van der Waals surface area (Å²) in [5.41, 5.74) is 0.322. The molecule has 0 saturated heterocycles. The molecule has 0 radical (unpaired) electrons. The number of aromatic nitrogens is 3. The number of amides is 1. The maximum Gasteiger partial charge on any atom is 0.319 e. The van der Waals surface area contributed by atoms with E-state index in [0.717, 1.165) is 4.57 Å². The zero-order valence-corrected chi connectivity index (χ0v) is 13.9. The average molecular weight is 358 g/mol. The number of hydrogen-bond donors (Lipinski definition) is 0. The van der Waals surface area contributed by atoms with Crippen molar-refractivity contribution in [3.05, 3.63) is 72.4 Å². The number of alkyl halides is 2. The lowest BCUT2D eigenvalue weighted by atomic mass is 10.2. The van der Waals surface area contributed by atoms with Crippen LogP contribution in [0.25, 0.3) is 0 Å². The highest BCUT2D eigenvalue weighted by Gasteiger charge is 2.17. The fraction of sp³-hybridized carbons (Fsp3) is 0.167. The Morgan fingerprint density at radius 2 is 1.96 bits per heavy atom. The molecule has 0 aliphatic rings. The topological polar surface area (TPSA) is 60.2 Å². The van der Waals surface area contributed by atoms with Gasteiger partial charge in [0.05, 0.1) is 12.1 Å². The predicted molar refractivity (Wildman–Crippen MR) is 90.0 cm³/mol. The largest absolute Gasteiger partial charge is 0.439 e. The Labute approximate surface area is 148 Å². The van der Waals surface area contributed by atoms with Crippen molar-refractivity contribution in [1.82, 2.24) is 19.4 Å². The van der Waals surface area contributed by atoms with Gasteiger partial charge in [0.25, 0.3) is 5.91 Å². The van der Waals surface area contributed by atoms with Crippen molar-refractivity contribution in [1.29, 1.82) is 0 Å². The summed E-state index contributed by atoms with van der Waals surface area (Å²) < 4.78 is 32.0. The van der Waals surface area contributed by atoms with Crippen molar-refractivity contribution in [2.75, 3.05) is 7.05 Å². The minimum Gasteiger partial charge on any atom is -0.439 e. The summed E-state index contributed by atoms with van der Waals surface area (Å²) in [6, 6.07) is 12.3. The monoisotopic (exact) mass is 358 g/mol. The number of hydrogen-bond acceptors (Lipinski definition) is 4. The molecule has 3 aromatic rings. The van der Waals surface area contributed by atoms with E-state index in [2.05, 4.69) is 9.97 Å². The van der Waals surface area contributed by atoms with Crippen molar-refractivity contribution in [2.24, 2.45) is 0 Å². The van der Waals surface area contributed by atoms with Crippen LogP contribution in [0.4, 0.5) is 8.78 Å². The molecule has 0 unspecified atom stereocenters. The Morgan fingerprint density at radius 3 is 2.62 bits per heavy atom. The molecule has 134 valence electrons. The maximum atomic E-state index is 12.9. The third kappa shape index (κ3) is 4.02. The lowest BCUT2D eigenvalue weighted by Crippen LogP contribution is -2.28. The molecule has 1 amide bonds. The normalized spacial score (nSPS) is 10.8. The first kappa shape index (κ1) is 17.5. The average Bonchev–Trinajstić information content (AvgIpc) is 3.11. The minimum atomic E-state index is -2.70. The number of imidazole rings is 1. The van der Waals surface area contributed by atoms with Crippen LogP contribution in [0.5, 0.6) is 11.6 Å². The van der Waals surface area contributed by atoms with Gasteiger partial charge in [0, 0.05) is 31.7 Å². The maximum absolute atomic E-state index is 12.9. The molecular formula is C18H16F2N4O2. The standard InChI is InChI=1S/C18H16F2N4O2/c1-23(12-15-21-9-10-24(15)18(19)20)17(25)13-7-8-16(22-11-13)26-14-5-3-2-4-6-14/h2-11,18H,12H2,1H3. The number of carbonyl (C=O) groups excluding carboxylic acids is 1. The highest BCUT2D eigenvalue weighted by molar-refractivity contribution is 5.93. The number of rotatable bonds is 6. The second kappa shape index (κ2) is 7.73. The fourth-order valence-corrected chi connectivity index (χ4v) is 2.32. The van der Waals surface area contributed by atoms with Gasteiger partial charge < -0.3 is 9.64 Å². The molecule has 2 aromatic heterocycles. The molecule has 0 N–H and O–H groups in total. The van der Waals surface area contributed by atoms with Gasteiger partial charge in [0.15, 0.2) is 0 Å². The quantitative estimate of drug-likeness (QED) is 0.674. The number of pyridine rings is 1. The molecule has 0 bridgehead atoms. The fourth-order valence-electron chi connectivity index (χ4n) is 2.32. The van der Waals surface area contributed by atoms with Crippen LogP contribution < -0.4 is 4.74 Å². The molecule has 0 aliphatic heterocycles. The van der Waals surface area contributed by atoms with Gasteiger partial charge in [-0.15, -0.1) is 0 Å². The Hall–Kier alpha value is -3.29. The van der Waals surface area contributed by atoms with E-state index in [4.69, 9.17) is 4.74 Å². The summed E-state index contributed by atoms with van der Waals surface area (Å²) in [4.78, 5) is 21.7. The van der Waals surface area contributed by atoms with Crippen molar-refractivity contribution < 1.29 is 18.3 Å². The molecule has 8 heteroatoms. The Kier molecular flexibility index (Phi) is 5.21. The number of ether oxygens (including phenoxy) is 1. The Bertz CT molecular complexity index is 866. The van der Waals surface area contributed by atoms with Crippen molar-refractivity contribution in [3.63, 3.8) is 0 Å². The molecule has 2 heterocycles. The summed E-state index contributed by atoms with van der Waals surface area (Å²) in [6.07, 6.45) is 3.84. The predicted octanol–water partition coefficient (Wildman–Crippen LogP) is 3.74. The van der Waals surface area contributed by atoms with Gasteiger partial charge in [0.2, 0.25) is 5.88 Å². The third-order valence-electron chi connectivity index (χ3n) is 3.63. The van der Waals surface area contributed by atoms with Crippen LogP contribution in [0, 0.1) is 0 Å². The van der Waals surface area contributed by atoms with Crippen LogP contribution in [0.1, 0.15) is 22.7 Å². The smallest absolute Gasteiger partial charge is 0.319 e. The van der Waals surface area contributed by atoms with Gasteiger partial charge in [0.1, 0.15) is 11.6 Å². The van der Waals surface area contributed by atoms with Crippen LogP contribution >= 0.6 is 0 Å². The molecule has 0 atom stereocenters. The molecule has 1 aromatic carbocycles. The van der Waals surface area contributed by atoms with Gasteiger partial charge in [-0.2, -0.15) is 8.78 Å². The summed E-state index contributed by atoms with van der Waals surface area (Å²) >= 11 is 0. The van der Waals surface area contributed by atoms with Gasteiger partial charge in [-0.1, -0.05) is 18.2 Å². The molecule has 0 fully saturated rings. The summed E-state index contributed by atoms with van der Waals surface area (Å²) in [6.45, 7) is -2.74. The lowest BCUT2D eigenvalue weighted by molar-refractivity contribution is 0.0612. The Morgan fingerprint density at radius 1 is 1.19 bits per heavy atom. The summed E-state index contributed by atoms with van der Waals surface area (Å²) in [7, 11) is 1.52. The van der Waals surface area contributed by atoms with Gasteiger partial charge in [-0.3, -0.25) is 9.36 Å². The van der Waals surface area contributed by atoms with E-state index in [-0.39, 0.29) is 18.3 Å². The second-order valence-electron chi connectivity index (χ2n) is 5.49. The van der Waals surface area contributed by atoms with Crippen LogP contribution in [-0.2, 0) is 6.54 Å². The van der Waals surface area contributed by atoms with Crippen molar-refractivity contribution in [2.45, 2.75) is 13.1 Å². The highest BCUT2D eigenvalue weighted by Crippen LogP contribution is 2.19. The molecular weight excluding hydrogens is 342 g/mol. The number of halogens is 2. The van der Waals surface area contributed by atoms with E-state index in [9.17, 15) is 13.6 Å². The first-order valence-electron chi connectivity index (χ1n) is 7.79. The summed E-state index contributed by atoms with van der Waals surface area (Å²) in [5.74, 6) is 0.735. The van der Waals surface area contributed by atoms with Gasteiger partial charge in [-0.05, 0) is 18.2 Å². The minimum absolute atomic E-state index is 0.0432. The van der Waals surface area contributed by atoms with E-state index in [1.807, 2.05) is 18.2 Å². The number of benzene rings is 1. The first-order valence-corrected chi connectivity index (χ1v) is 7.79. The number of carbonyl (C=O) groups is 1. The number of para-hydroxylation sites is 1. The van der Waals surface area contributed by atoms with Gasteiger partial charge in [-0.25, -0.2) is 9.97 Å². The van der Waals surface area contributed by atoms with E-state index >= 15 is 0 Å². The molecule has 0 spiro atoms. The van der Waals surface area contributed by atoms with Crippen molar-refractivity contribution in [3.8, 4) is 11.6 Å². The van der Waals surface area contributed by atoms with Crippen LogP contribution in [0.3, 0.4) is 0 Å². The molecule has 26 heavy (non-hydrogen) atoms. The van der Waals surface area contributed by atoms with E-state index in [1.54, 1.807) is 24.3 Å². The number of nitrogens with zero attached hydrogens (tertiary/aromatic N) is 4. The molecule has 0 aliphatic carbocycles. The van der Waals surface area contributed by atoms with Crippen LogP contribution in [0.15, 0.2) is 61.1 Å². The first-order chi connectivity index (χ1) is 12.5. The lowest BCUT2D eigenvalue weighted by Gasteiger charge is -2.17. The van der Waals surface area contributed by atoms with Gasteiger partial charge >= 0.3 is 6.55 Å². The zero-order chi connectivity index (χ0) is 18.5. The Balaban J connectivity index is 1.66. The van der Waals surface area contributed by atoms with Crippen LogP contribution in [0.2, 0.25) is 0 Å². The van der Waals surface area contributed by atoms with Crippen molar-refractivity contribution >= 4 is 5.91 Å². The van der Waals surface area contributed by atoms with E-state index < -0.39 is 6.55 Å². The summed E-state index contributed by atoms with van der Waals surface area (Å²) in [5, 5.41) is 0. The third-order valence-corrected chi connectivity index (χ3v) is 3.63. The zero-order valence-electron chi connectivity index (χ0n) is 13.9. The highest BCUT2D eigenvalue weighted by atomic mass is 19.3. The van der Waals surface area contributed by atoms with E-state index in [0.29, 0.717) is 17.2 Å². The second-order valence-corrected chi connectivity index (χ2v) is 5.49. The SMILES string of the molecule is CN(Cc1nccn1C(F)F)C(=O)c1ccc(Oc2ccccc2)nc1. The molecule has 0 saturated carbocycles.